The van der Waals surface area contributed by atoms with Crippen LogP contribution in [0, 0.1) is 12.7 Å². The molecule has 1 aliphatic rings. The minimum atomic E-state index is -1.84. The van der Waals surface area contributed by atoms with Crippen LogP contribution in [0.5, 0.6) is 0 Å². The number of carbonyl (C=O) groups is 1. The van der Waals surface area contributed by atoms with Crippen LogP contribution in [0.15, 0.2) is 48.5 Å². The summed E-state index contributed by atoms with van der Waals surface area (Å²) in [4.78, 5) is 20.4. The van der Waals surface area contributed by atoms with Gasteiger partial charge in [-0.25, -0.2) is 13.8 Å². The zero-order valence-electron chi connectivity index (χ0n) is 17.5. The lowest BCUT2D eigenvalue weighted by Gasteiger charge is -2.43. The number of piperazine rings is 1. The minimum absolute atomic E-state index is 0.0291. The third-order valence-electron chi connectivity index (χ3n) is 5.42. The monoisotopic (exact) mass is 442 g/mol. The molecule has 8 heteroatoms. The molecular weight excluding hydrogens is 418 g/mol. The number of alkyl halides is 1. The van der Waals surface area contributed by atoms with E-state index in [1.807, 2.05) is 11.8 Å². The molecule has 1 saturated heterocycles. The molecule has 2 heterocycles. The first-order valence-corrected chi connectivity index (χ1v) is 10.9. The van der Waals surface area contributed by atoms with E-state index in [-0.39, 0.29) is 31.2 Å². The van der Waals surface area contributed by atoms with Crippen LogP contribution in [-0.4, -0.2) is 45.6 Å². The van der Waals surface area contributed by atoms with Crippen LogP contribution in [0.2, 0.25) is 0 Å². The van der Waals surface area contributed by atoms with Crippen molar-refractivity contribution in [1.82, 2.24) is 14.3 Å². The van der Waals surface area contributed by atoms with Crippen LogP contribution in [0.1, 0.15) is 29.4 Å². The summed E-state index contributed by atoms with van der Waals surface area (Å²) >= 11 is 1.25. The van der Waals surface area contributed by atoms with Gasteiger partial charge in [-0.1, -0.05) is 42.0 Å². The molecule has 0 saturated carbocycles. The predicted octanol–water partition coefficient (Wildman–Crippen LogP) is 4.15. The molecule has 1 amide bonds. The molecule has 3 aromatic rings. The normalized spacial score (nSPS) is 19.0. The van der Waals surface area contributed by atoms with Crippen molar-refractivity contribution in [2.45, 2.75) is 32.5 Å². The van der Waals surface area contributed by atoms with E-state index in [2.05, 4.69) is 33.6 Å². The summed E-state index contributed by atoms with van der Waals surface area (Å²) in [6, 6.07) is 13.9. The molecule has 1 unspecified atom stereocenters. The summed E-state index contributed by atoms with van der Waals surface area (Å²) in [5, 5.41) is 0.664. The van der Waals surface area contributed by atoms with Crippen molar-refractivity contribution in [3.8, 4) is 0 Å². The summed E-state index contributed by atoms with van der Waals surface area (Å²) in [7, 11) is 0. The maximum Gasteiger partial charge on any atom is 0.229 e. The molecule has 1 aliphatic heterocycles. The van der Waals surface area contributed by atoms with Gasteiger partial charge in [-0.3, -0.25) is 4.79 Å². The average Bonchev–Trinajstić information content (AvgIpc) is 3.19. The number of aryl methyl sites for hydroxylation is 1. The Morgan fingerprint density at radius 3 is 2.45 bits per heavy atom. The zero-order chi connectivity index (χ0) is 22.0. The van der Waals surface area contributed by atoms with Crippen molar-refractivity contribution < 1.29 is 13.6 Å². The summed E-state index contributed by atoms with van der Waals surface area (Å²) in [6.45, 7) is 4.21. The predicted molar refractivity (Wildman–Crippen MR) is 117 cm³/mol. The zero-order valence-corrected chi connectivity index (χ0v) is 18.3. The van der Waals surface area contributed by atoms with Gasteiger partial charge in [0.15, 0.2) is 5.79 Å². The number of halogens is 2. The molecule has 5 nitrogen and oxygen atoms in total. The van der Waals surface area contributed by atoms with E-state index in [0.717, 1.165) is 5.56 Å². The molecule has 1 atom stereocenters. The van der Waals surface area contributed by atoms with E-state index in [1.54, 1.807) is 12.1 Å². The number of nitrogens with zero attached hydrogens (tertiary/aromatic N) is 4. The van der Waals surface area contributed by atoms with E-state index >= 15 is 4.39 Å². The summed E-state index contributed by atoms with van der Waals surface area (Å²) < 4.78 is 32.9. The lowest BCUT2D eigenvalue weighted by molar-refractivity contribution is -0.145. The largest absolute Gasteiger partial charge is 0.340 e. The summed E-state index contributed by atoms with van der Waals surface area (Å²) in [6.07, 6.45) is 0.666. The fourth-order valence-corrected chi connectivity index (χ4v) is 4.43. The van der Waals surface area contributed by atoms with Gasteiger partial charge >= 0.3 is 0 Å². The summed E-state index contributed by atoms with van der Waals surface area (Å²) in [5.74, 6) is -1.80. The smallest absolute Gasteiger partial charge is 0.229 e. The highest BCUT2D eigenvalue weighted by atomic mass is 32.1. The molecule has 0 N–H and O–H groups in total. The molecule has 31 heavy (non-hydrogen) atoms. The van der Waals surface area contributed by atoms with E-state index in [9.17, 15) is 9.18 Å². The van der Waals surface area contributed by atoms with Gasteiger partial charge < -0.3 is 9.80 Å². The van der Waals surface area contributed by atoms with Gasteiger partial charge in [0.2, 0.25) is 11.0 Å². The number of carbonyl (C=O) groups excluding carboxylic acids is 1. The Bertz CT molecular complexity index is 1050. The second kappa shape index (κ2) is 8.70. The maximum atomic E-state index is 15.4. The fraction of sp³-hybridized carbons (Fsp3) is 0.348. The third-order valence-corrected chi connectivity index (χ3v) is 6.23. The number of rotatable bonds is 5. The number of aromatic nitrogens is 2. The van der Waals surface area contributed by atoms with Crippen molar-refractivity contribution in [3.63, 3.8) is 0 Å². The van der Waals surface area contributed by atoms with Crippen molar-refractivity contribution in [3.05, 3.63) is 76.9 Å². The lowest BCUT2D eigenvalue weighted by Crippen LogP contribution is -2.60. The highest BCUT2D eigenvalue weighted by Crippen LogP contribution is 2.29. The molecular formula is C23H24F2N4OS. The van der Waals surface area contributed by atoms with Gasteiger partial charge in [0, 0.05) is 31.0 Å². The van der Waals surface area contributed by atoms with Crippen LogP contribution < -0.4 is 4.90 Å². The fourth-order valence-electron chi connectivity index (χ4n) is 3.72. The molecule has 2 aromatic carbocycles. The Kier molecular flexibility index (Phi) is 6.00. The molecule has 1 fully saturated rings. The lowest BCUT2D eigenvalue weighted by atomic mass is 10.1. The molecule has 0 bridgehead atoms. The standard InChI is InChI=1S/C23H24F2N4OS/c1-16-3-5-17(6-4-16)13-20-26-22(31-27-20)28-11-12-29(23(2,25)15-28)21(30)14-18-7-9-19(24)10-8-18/h3-10H,11-15H2,1-2H3. The number of hydrogen-bond donors (Lipinski definition) is 0. The molecule has 0 spiro atoms. The maximum absolute atomic E-state index is 15.4. The first-order chi connectivity index (χ1) is 14.8. The van der Waals surface area contributed by atoms with Crippen molar-refractivity contribution in [2.24, 2.45) is 0 Å². The Labute approximate surface area is 184 Å². The van der Waals surface area contributed by atoms with E-state index < -0.39 is 5.79 Å². The van der Waals surface area contributed by atoms with Gasteiger partial charge in [0.25, 0.3) is 0 Å². The SMILES string of the molecule is Cc1ccc(Cc2nsc(N3CCN(C(=O)Cc4ccc(F)cc4)C(C)(F)C3)n2)cc1. The van der Waals surface area contributed by atoms with Crippen LogP contribution in [0.4, 0.5) is 13.9 Å². The van der Waals surface area contributed by atoms with Gasteiger partial charge in [-0.05, 0) is 37.1 Å². The molecule has 1 aromatic heterocycles. The Balaban J connectivity index is 1.39. The third kappa shape index (κ3) is 5.07. The Hall–Kier alpha value is -2.87. The van der Waals surface area contributed by atoms with Crippen molar-refractivity contribution >= 4 is 22.6 Å². The van der Waals surface area contributed by atoms with Crippen LogP contribution in [0.3, 0.4) is 0 Å². The van der Waals surface area contributed by atoms with Crippen LogP contribution >= 0.6 is 11.5 Å². The molecule has 162 valence electrons. The highest BCUT2D eigenvalue weighted by Gasteiger charge is 2.41. The molecule has 0 aliphatic carbocycles. The van der Waals surface area contributed by atoms with Gasteiger partial charge in [-0.15, -0.1) is 0 Å². The number of benzene rings is 2. The van der Waals surface area contributed by atoms with Crippen molar-refractivity contribution in [1.29, 1.82) is 0 Å². The second-order valence-corrected chi connectivity index (χ2v) is 8.80. The highest BCUT2D eigenvalue weighted by molar-refractivity contribution is 7.09. The Morgan fingerprint density at radius 2 is 1.77 bits per heavy atom. The average molecular weight is 443 g/mol. The quantitative estimate of drug-likeness (QED) is 0.557. The van der Waals surface area contributed by atoms with Crippen molar-refractivity contribution in [2.75, 3.05) is 24.5 Å². The van der Waals surface area contributed by atoms with E-state index in [0.29, 0.717) is 29.5 Å². The Morgan fingerprint density at radius 1 is 1.10 bits per heavy atom. The minimum Gasteiger partial charge on any atom is -0.340 e. The molecule has 0 radical (unpaired) electrons. The van der Waals surface area contributed by atoms with Crippen LogP contribution in [-0.2, 0) is 17.6 Å². The first kappa shape index (κ1) is 21.4. The topological polar surface area (TPSA) is 49.3 Å². The molecule has 4 rings (SSSR count). The van der Waals surface area contributed by atoms with E-state index in [4.69, 9.17) is 0 Å². The van der Waals surface area contributed by atoms with Gasteiger partial charge in [0.1, 0.15) is 11.6 Å². The summed E-state index contributed by atoms with van der Waals surface area (Å²) in [5.41, 5.74) is 2.99. The number of anilines is 1. The van der Waals surface area contributed by atoms with Gasteiger partial charge in [-0.2, -0.15) is 4.37 Å². The number of amides is 1. The first-order valence-electron chi connectivity index (χ1n) is 10.2. The number of hydrogen-bond acceptors (Lipinski definition) is 5. The van der Waals surface area contributed by atoms with Crippen LogP contribution in [0.25, 0.3) is 0 Å². The second-order valence-electron chi connectivity index (χ2n) is 8.07. The van der Waals surface area contributed by atoms with E-state index in [1.165, 1.54) is 41.1 Å². The van der Waals surface area contributed by atoms with Gasteiger partial charge in [0.05, 0.1) is 13.0 Å².